The molecule has 0 heterocycles. The second kappa shape index (κ2) is 7.28. The van der Waals surface area contributed by atoms with Gasteiger partial charge in [0, 0.05) is 5.54 Å². The standard InChI is InChI=1S/C21H27Si2/c1-7-17-14-15-19(22(3)4)21(16-17)23(5,6)20(8-2)18-12-10-9-11-13-18/h7-16,20H,1-2H2,3-6H3. The zero-order chi connectivity index (χ0) is 17.0. The average molecular weight is 336 g/mol. The maximum Gasteiger partial charge on any atom is 0.0917 e. The SMILES string of the molecule is C=Cc1ccc([Si](C)C)c([Si](C)(C)C(C=C)c2ccccc2)c1. The molecule has 0 aliphatic heterocycles. The van der Waals surface area contributed by atoms with Crippen LogP contribution in [-0.4, -0.2) is 16.9 Å². The number of hydrogen-bond donors (Lipinski definition) is 0. The first-order chi connectivity index (χ1) is 10.9. The second-order valence-corrected chi connectivity index (χ2v) is 14.0. The lowest BCUT2D eigenvalue weighted by molar-refractivity contribution is 1.15. The average Bonchev–Trinajstić information content (AvgIpc) is 2.55. The van der Waals surface area contributed by atoms with Crippen LogP contribution in [0, 0.1) is 0 Å². The molecule has 1 atom stereocenters. The normalized spacial score (nSPS) is 12.9. The van der Waals surface area contributed by atoms with Gasteiger partial charge in [-0.2, -0.15) is 0 Å². The molecule has 0 amide bonds. The van der Waals surface area contributed by atoms with Crippen molar-refractivity contribution in [2.75, 3.05) is 0 Å². The van der Waals surface area contributed by atoms with Crippen LogP contribution in [0.25, 0.3) is 6.08 Å². The third-order valence-electron chi connectivity index (χ3n) is 4.68. The molecule has 0 aliphatic rings. The molecule has 0 nitrogen and oxygen atoms in total. The van der Waals surface area contributed by atoms with Gasteiger partial charge in [-0.25, -0.2) is 0 Å². The summed E-state index contributed by atoms with van der Waals surface area (Å²) in [7, 11) is -2.25. The van der Waals surface area contributed by atoms with Gasteiger partial charge in [-0.15, -0.1) is 6.58 Å². The van der Waals surface area contributed by atoms with Crippen molar-refractivity contribution >= 4 is 33.3 Å². The molecule has 2 aromatic carbocycles. The van der Waals surface area contributed by atoms with E-state index < -0.39 is 16.9 Å². The number of rotatable bonds is 6. The Kier molecular flexibility index (Phi) is 5.61. The number of hydrogen-bond acceptors (Lipinski definition) is 0. The molecule has 2 heteroatoms. The topological polar surface area (TPSA) is 0 Å². The van der Waals surface area contributed by atoms with E-state index in [1.807, 2.05) is 6.08 Å². The van der Waals surface area contributed by atoms with E-state index in [-0.39, 0.29) is 0 Å². The van der Waals surface area contributed by atoms with Crippen LogP contribution in [0.4, 0.5) is 0 Å². The third-order valence-corrected chi connectivity index (χ3v) is 10.4. The molecule has 1 radical (unpaired) electrons. The molecule has 0 bridgehead atoms. The van der Waals surface area contributed by atoms with Crippen LogP contribution in [-0.2, 0) is 0 Å². The van der Waals surface area contributed by atoms with Crippen LogP contribution in [0.15, 0.2) is 67.8 Å². The molecule has 0 N–H and O–H groups in total. The Morgan fingerprint density at radius 1 is 1.00 bits per heavy atom. The van der Waals surface area contributed by atoms with Gasteiger partial charge >= 0.3 is 0 Å². The molecular formula is C21H27Si2. The number of allylic oxidation sites excluding steroid dienone is 1. The Labute approximate surface area is 144 Å². The quantitative estimate of drug-likeness (QED) is 0.529. The van der Waals surface area contributed by atoms with Crippen molar-refractivity contribution in [3.63, 3.8) is 0 Å². The first-order valence-electron chi connectivity index (χ1n) is 8.16. The predicted octanol–water partition coefficient (Wildman–Crippen LogP) is 4.72. The minimum absolute atomic E-state index is 0.420. The minimum Gasteiger partial charge on any atom is -0.103 e. The third kappa shape index (κ3) is 3.65. The van der Waals surface area contributed by atoms with E-state index in [0.717, 1.165) is 0 Å². The fourth-order valence-corrected chi connectivity index (χ4v) is 9.34. The highest BCUT2D eigenvalue weighted by atomic mass is 28.3. The fourth-order valence-electron chi connectivity index (χ4n) is 3.33. The molecule has 1 unspecified atom stereocenters. The van der Waals surface area contributed by atoms with E-state index in [1.165, 1.54) is 11.1 Å². The van der Waals surface area contributed by atoms with E-state index in [4.69, 9.17) is 0 Å². The highest BCUT2D eigenvalue weighted by Gasteiger charge is 2.35. The summed E-state index contributed by atoms with van der Waals surface area (Å²) < 4.78 is 0. The zero-order valence-electron chi connectivity index (χ0n) is 14.8. The fraction of sp³-hybridized carbons (Fsp3) is 0.238. The molecule has 23 heavy (non-hydrogen) atoms. The van der Waals surface area contributed by atoms with E-state index in [9.17, 15) is 0 Å². The first kappa shape index (κ1) is 17.7. The Balaban J connectivity index is 2.61. The van der Waals surface area contributed by atoms with E-state index in [0.29, 0.717) is 5.54 Å². The Morgan fingerprint density at radius 2 is 1.65 bits per heavy atom. The van der Waals surface area contributed by atoms with Gasteiger partial charge in [-0.05, 0) is 11.1 Å². The molecule has 119 valence electrons. The van der Waals surface area contributed by atoms with E-state index in [1.54, 1.807) is 10.4 Å². The first-order valence-corrected chi connectivity index (χ1v) is 13.7. The van der Waals surface area contributed by atoms with Crippen LogP contribution in [0.1, 0.15) is 16.7 Å². The van der Waals surface area contributed by atoms with Crippen molar-refractivity contribution in [1.29, 1.82) is 0 Å². The summed E-state index contributed by atoms with van der Waals surface area (Å²) in [6.45, 7) is 17.8. The largest absolute Gasteiger partial charge is 0.103 e. The smallest absolute Gasteiger partial charge is 0.0917 e. The molecular weight excluding hydrogens is 308 g/mol. The zero-order valence-corrected chi connectivity index (χ0v) is 16.8. The highest BCUT2D eigenvalue weighted by molar-refractivity contribution is 6.95. The van der Waals surface area contributed by atoms with Gasteiger partial charge in [0.1, 0.15) is 0 Å². The summed E-state index contributed by atoms with van der Waals surface area (Å²) in [5.74, 6) is 0. The van der Waals surface area contributed by atoms with Gasteiger partial charge in [0.05, 0.1) is 16.9 Å². The van der Waals surface area contributed by atoms with Gasteiger partial charge in [0.2, 0.25) is 0 Å². The summed E-state index contributed by atoms with van der Waals surface area (Å²) in [5.41, 5.74) is 3.03. The van der Waals surface area contributed by atoms with Crippen LogP contribution >= 0.6 is 0 Å². The van der Waals surface area contributed by atoms with Crippen molar-refractivity contribution < 1.29 is 0 Å². The molecule has 0 saturated carbocycles. The summed E-state index contributed by atoms with van der Waals surface area (Å²) in [5, 5.41) is 3.14. The van der Waals surface area contributed by atoms with Crippen LogP contribution in [0.3, 0.4) is 0 Å². The molecule has 0 aromatic heterocycles. The van der Waals surface area contributed by atoms with Gasteiger partial charge in [0.15, 0.2) is 0 Å². The van der Waals surface area contributed by atoms with Crippen LogP contribution < -0.4 is 10.4 Å². The van der Waals surface area contributed by atoms with Crippen molar-refractivity contribution in [2.45, 2.75) is 31.7 Å². The Hall–Kier alpha value is -1.65. The Bertz CT molecular complexity index is 684. The lowest BCUT2D eigenvalue weighted by Crippen LogP contribution is -2.56. The molecule has 0 saturated heterocycles. The maximum absolute atomic E-state index is 4.17. The van der Waals surface area contributed by atoms with Crippen molar-refractivity contribution in [1.82, 2.24) is 0 Å². The molecule has 0 fully saturated rings. The lowest BCUT2D eigenvalue weighted by atomic mass is 10.1. The number of benzene rings is 2. The Morgan fingerprint density at radius 3 is 2.17 bits per heavy atom. The van der Waals surface area contributed by atoms with E-state index in [2.05, 4.69) is 94.0 Å². The lowest BCUT2D eigenvalue weighted by Gasteiger charge is -2.34. The molecule has 0 aliphatic carbocycles. The second-order valence-electron chi connectivity index (χ2n) is 6.85. The minimum atomic E-state index is -1.75. The monoisotopic (exact) mass is 335 g/mol. The van der Waals surface area contributed by atoms with Crippen molar-refractivity contribution in [2.24, 2.45) is 0 Å². The van der Waals surface area contributed by atoms with Gasteiger partial charge < -0.3 is 0 Å². The van der Waals surface area contributed by atoms with Crippen LogP contribution in [0.5, 0.6) is 0 Å². The summed E-state index contributed by atoms with van der Waals surface area (Å²) in [6, 6.07) is 17.7. The summed E-state index contributed by atoms with van der Waals surface area (Å²) in [4.78, 5) is 0. The molecule has 2 rings (SSSR count). The molecule has 2 aromatic rings. The van der Waals surface area contributed by atoms with Crippen molar-refractivity contribution in [3.05, 3.63) is 78.9 Å². The molecule has 0 spiro atoms. The van der Waals surface area contributed by atoms with Gasteiger partial charge in [-0.3, -0.25) is 0 Å². The van der Waals surface area contributed by atoms with E-state index >= 15 is 0 Å². The predicted molar refractivity (Wildman–Crippen MR) is 110 cm³/mol. The van der Waals surface area contributed by atoms with Crippen LogP contribution in [0.2, 0.25) is 26.2 Å². The van der Waals surface area contributed by atoms with Gasteiger partial charge in [0.25, 0.3) is 0 Å². The highest BCUT2D eigenvalue weighted by Crippen LogP contribution is 2.28. The summed E-state index contributed by atoms with van der Waals surface area (Å²) in [6.07, 6.45) is 4.12. The maximum atomic E-state index is 4.17. The summed E-state index contributed by atoms with van der Waals surface area (Å²) >= 11 is 0. The van der Waals surface area contributed by atoms with Crippen molar-refractivity contribution in [3.8, 4) is 0 Å². The van der Waals surface area contributed by atoms with Gasteiger partial charge in [-0.1, -0.05) is 104 Å².